The van der Waals surface area contributed by atoms with Crippen LogP contribution in [0.25, 0.3) is 0 Å². The largest absolute Gasteiger partial charge is 0.341 e. The van der Waals surface area contributed by atoms with Gasteiger partial charge in [-0.1, -0.05) is 6.92 Å². The lowest BCUT2D eigenvalue weighted by Gasteiger charge is -2.35. The number of halogens is 1. The number of carbonyl (C=O) groups excluding carboxylic acids is 1. The van der Waals surface area contributed by atoms with Crippen molar-refractivity contribution in [3.05, 3.63) is 0 Å². The van der Waals surface area contributed by atoms with Crippen molar-refractivity contribution in [1.29, 1.82) is 0 Å². The maximum Gasteiger partial charge on any atom is 0.239 e. The molecular formula is C9H20ClN3O. The van der Waals surface area contributed by atoms with Gasteiger partial charge < -0.3 is 16.4 Å². The van der Waals surface area contributed by atoms with Crippen LogP contribution in [-0.2, 0) is 4.79 Å². The third kappa shape index (κ3) is 3.12. The summed E-state index contributed by atoms with van der Waals surface area (Å²) >= 11 is 0. The summed E-state index contributed by atoms with van der Waals surface area (Å²) in [6.07, 6.45) is 0.889. The van der Waals surface area contributed by atoms with Crippen molar-refractivity contribution in [2.75, 3.05) is 13.1 Å². The summed E-state index contributed by atoms with van der Waals surface area (Å²) in [5, 5.41) is 0. The average Bonchev–Trinajstić information content (AvgIpc) is 2.08. The molecule has 1 saturated heterocycles. The number of amides is 1. The van der Waals surface area contributed by atoms with Crippen LogP contribution in [0.4, 0.5) is 0 Å². The van der Waals surface area contributed by atoms with Gasteiger partial charge in [0, 0.05) is 19.1 Å². The van der Waals surface area contributed by atoms with E-state index in [-0.39, 0.29) is 30.4 Å². The SMILES string of the molecule is CC(N)C(=O)N1CCC(N)C(C)C1.Cl. The Morgan fingerprint density at radius 2 is 2.14 bits per heavy atom. The number of carbonyl (C=O) groups is 1. The molecule has 1 heterocycles. The number of nitrogens with zero attached hydrogens (tertiary/aromatic N) is 1. The molecule has 1 fully saturated rings. The molecule has 0 aromatic rings. The molecule has 3 atom stereocenters. The first kappa shape index (κ1) is 13.7. The van der Waals surface area contributed by atoms with E-state index < -0.39 is 0 Å². The maximum atomic E-state index is 11.5. The van der Waals surface area contributed by atoms with Gasteiger partial charge in [-0.15, -0.1) is 12.4 Å². The van der Waals surface area contributed by atoms with Gasteiger partial charge in [0.05, 0.1) is 6.04 Å². The van der Waals surface area contributed by atoms with E-state index in [0.29, 0.717) is 5.92 Å². The molecular weight excluding hydrogens is 202 g/mol. The zero-order chi connectivity index (χ0) is 10.0. The lowest BCUT2D eigenvalue weighted by Crippen LogP contribution is -2.51. The summed E-state index contributed by atoms with van der Waals surface area (Å²) in [6, 6.07) is -0.154. The summed E-state index contributed by atoms with van der Waals surface area (Å²) in [7, 11) is 0. The molecule has 0 bridgehead atoms. The molecule has 1 aliphatic heterocycles. The topological polar surface area (TPSA) is 72.4 Å². The maximum absolute atomic E-state index is 11.5. The van der Waals surface area contributed by atoms with Crippen LogP contribution in [0.5, 0.6) is 0 Å². The average molecular weight is 222 g/mol. The van der Waals surface area contributed by atoms with Gasteiger partial charge in [0.25, 0.3) is 0 Å². The fourth-order valence-corrected chi connectivity index (χ4v) is 1.65. The normalized spacial score (nSPS) is 29.3. The van der Waals surface area contributed by atoms with Gasteiger partial charge in [-0.25, -0.2) is 0 Å². The minimum Gasteiger partial charge on any atom is -0.341 e. The van der Waals surface area contributed by atoms with Gasteiger partial charge >= 0.3 is 0 Å². The van der Waals surface area contributed by atoms with Gasteiger partial charge in [0.15, 0.2) is 0 Å². The standard InChI is InChI=1S/C9H19N3O.ClH/c1-6-5-12(4-3-8(6)11)9(13)7(2)10;/h6-8H,3-5,10-11H2,1-2H3;1H. The predicted octanol–water partition coefficient (Wildman–Crippen LogP) is -0.0489. The fourth-order valence-electron chi connectivity index (χ4n) is 1.65. The van der Waals surface area contributed by atoms with E-state index in [4.69, 9.17) is 11.5 Å². The highest BCUT2D eigenvalue weighted by Crippen LogP contribution is 2.15. The summed E-state index contributed by atoms with van der Waals surface area (Å²) < 4.78 is 0. The Labute approximate surface area is 91.4 Å². The van der Waals surface area contributed by atoms with E-state index in [1.54, 1.807) is 6.92 Å². The third-order valence-electron chi connectivity index (χ3n) is 2.67. The third-order valence-corrected chi connectivity index (χ3v) is 2.67. The zero-order valence-electron chi connectivity index (χ0n) is 8.77. The predicted molar refractivity (Wildman–Crippen MR) is 59.2 cm³/mol. The van der Waals surface area contributed by atoms with Crippen molar-refractivity contribution in [2.24, 2.45) is 17.4 Å². The van der Waals surface area contributed by atoms with Crippen LogP contribution in [-0.4, -0.2) is 36.0 Å². The number of likely N-dealkylation sites (tertiary alicyclic amines) is 1. The number of piperidine rings is 1. The van der Waals surface area contributed by atoms with E-state index in [1.807, 2.05) is 4.90 Å². The Morgan fingerprint density at radius 1 is 1.57 bits per heavy atom. The molecule has 0 radical (unpaired) electrons. The highest BCUT2D eigenvalue weighted by atomic mass is 35.5. The molecule has 1 aliphatic rings. The van der Waals surface area contributed by atoms with Gasteiger partial charge in [-0.3, -0.25) is 4.79 Å². The van der Waals surface area contributed by atoms with Crippen molar-refractivity contribution in [3.8, 4) is 0 Å². The fraction of sp³-hybridized carbons (Fsp3) is 0.889. The molecule has 4 N–H and O–H groups in total. The van der Waals surface area contributed by atoms with Crippen LogP contribution in [0.3, 0.4) is 0 Å². The molecule has 1 rings (SSSR count). The molecule has 5 heteroatoms. The zero-order valence-corrected chi connectivity index (χ0v) is 9.59. The van der Waals surface area contributed by atoms with Crippen molar-refractivity contribution >= 4 is 18.3 Å². The van der Waals surface area contributed by atoms with Crippen LogP contribution in [0.2, 0.25) is 0 Å². The van der Waals surface area contributed by atoms with Crippen molar-refractivity contribution in [2.45, 2.75) is 32.4 Å². The minimum absolute atomic E-state index is 0. The van der Waals surface area contributed by atoms with Gasteiger partial charge in [-0.2, -0.15) is 0 Å². The monoisotopic (exact) mass is 221 g/mol. The lowest BCUT2D eigenvalue weighted by atomic mass is 9.94. The second-order valence-corrected chi connectivity index (χ2v) is 4.00. The Balaban J connectivity index is 0.00000169. The van der Waals surface area contributed by atoms with Crippen LogP contribution < -0.4 is 11.5 Å². The quantitative estimate of drug-likeness (QED) is 0.652. The molecule has 4 nitrogen and oxygen atoms in total. The molecule has 0 aliphatic carbocycles. The van der Waals surface area contributed by atoms with Crippen molar-refractivity contribution < 1.29 is 4.79 Å². The minimum atomic E-state index is -0.387. The molecule has 0 aromatic carbocycles. The highest BCUT2D eigenvalue weighted by Gasteiger charge is 2.27. The lowest BCUT2D eigenvalue weighted by molar-refractivity contribution is -0.134. The van der Waals surface area contributed by atoms with E-state index >= 15 is 0 Å². The molecule has 14 heavy (non-hydrogen) atoms. The Kier molecular flexibility index (Phi) is 5.41. The second kappa shape index (κ2) is 5.53. The summed E-state index contributed by atoms with van der Waals surface area (Å²) in [4.78, 5) is 13.3. The first-order valence-corrected chi connectivity index (χ1v) is 4.82. The molecule has 0 saturated carbocycles. The van der Waals surface area contributed by atoms with Crippen LogP contribution in [0.1, 0.15) is 20.3 Å². The van der Waals surface area contributed by atoms with E-state index in [0.717, 1.165) is 19.5 Å². The molecule has 0 spiro atoms. The van der Waals surface area contributed by atoms with E-state index in [2.05, 4.69) is 6.92 Å². The van der Waals surface area contributed by atoms with Crippen molar-refractivity contribution in [1.82, 2.24) is 4.90 Å². The number of rotatable bonds is 1. The van der Waals surface area contributed by atoms with E-state index in [1.165, 1.54) is 0 Å². The van der Waals surface area contributed by atoms with Crippen LogP contribution >= 0.6 is 12.4 Å². The first-order valence-electron chi connectivity index (χ1n) is 4.82. The first-order chi connectivity index (χ1) is 6.02. The van der Waals surface area contributed by atoms with Gasteiger partial charge in [0.1, 0.15) is 0 Å². The molecule has 3 unspecified atom stereocenters. The number of nitrogens with two attached hydrogens (primary N) is 2. The Bertz CT molecular complexity index is 198. The van der Waals surface area contributed by atoms with E-state index in [9.17, 15) is 4.79 Å². The Morgan fingerprint density at radius 3 is 2.57 bits per heavy atom. The molecule has 1 amide bonds. The van der Waals surface area contributed by atoms with Crippen LogP contribution in [0.15, 0.2) is 0 Å². The smallest absolute Gasteiger partial charge is 0.239 e. The van der Waals surface area contributed by atoms with Gasteiger partial charge in [0.2, 0.25) is 5.91 Å². The molecule has 0 aromatic heterocycles. The summed E-state index contributed by atoms with van der Waals surface area (Å²) in [5.74, 6) is 0.426. The second-order valence-electron chi connectivity index (χ2n) is 4.00. The van der Waals surface area contributed by atoms with Crippen LogP contribution in [0, 0.1) is 5.92 Å². The highest BCUT2D eigenvalue weighted by molar-refractivity contribution is 5.85. The van der Waals surface area contributed by atoms with Crippen molar-refractivity contribution in [3.63, 3.8) is 0 Å². The van der Waals surface area contributed by atoms with Gasteiger partial charge in [-0.05, 0) is 19.3 Å². The number of hydrogen-bond donors (Lipinski definition) is 2. The Hall–Kier alpha value is -0.320. The summed E-state index contributed by atoms with van der Waals surface area (Å²) in [6.45, 7) is 5.31. The summed E-state index contributed by atoms with van der Waals surface area (Å²) in [5.41, 5.74) is 11.4. The number of hydrogen-bond acceptors (Lipinski definition) is 3. The molecule has 84 valence electrons.